The lowest BCUT2D eigenvalue weighted by molar-refractivity contribution is 0.0697. The first-order chi connectivity index (χ1) is 13.2. The zero-order valence-electron chi connectivity index (χ0n) is 14.1. The highest BCUT2D eigenvalue weighted by atomic mass is 16.5. The maximum Gasteiger partial charge on any atom is 0.335 e. The summed E-state index contributed by atoms with van der Waals surface area (Å²) in [5.74, 6) is 0.231. The molecule has 0 radical (unpaired) electrons. The molecule has 7 heteroatoms. The van der Waals surface area contributed by atoms with Crippen molar-refractivity contribution in [1.29, 1.82) is 0 Å². The number of aromatic carboxylic acids is 1. The fourth-order valence-electron chi connectivity index (χ4n) is 2.48. The monoisotopic (exact) mass is 358 g/mol. The van der Waals surface area contributed by atoms with Crippen LogP contribution in [0.25, 0.3) is 16.9 Å². The Bertz CT molecular complexity index is 1060. The Balaban J connectivity index is 1.52. The number of ether oxygens (including phenoxy) is 1. The summed E-state index contributed by atoms with van der Waals surface area (Å²) >= 11 is 0. The first kappa shape index (κ1) is 16.5. The van der Waals surface area contributed by atoms with Gasteiger partial charge in [0.15, 0.2) is 0 Å². The Morgan fingerprint density at radius 2 is 1.74 bits per heavy atom. The first-order valence-corrected chi connectivity index (χ1v) is 8.14. The molecular weight excluding hydrogens is 344 g/mol. The van der Waals surface area contributed by atoms with Crippen molar-refractivity contribution in [2.24, 2.45) is 0 Å². The summed E-state index contributed by atoms with van der Waals surface area (Å²) in [5, 5.41) is 17.2. The number of carbonyl (C=O) groups is 1. The van der Waals surface area contributed by atoms with E-state index in [0.29, 0.717) is 17.3 Å². The Hall–Kier alpha value is -4.00. The number of carboxylic acids is 1. The molecule has 7 nitrogen and oxygen atoms in total. The predicted molar refractivity (Wildman–Crippen MR) is 98.1 cm³/mol. The fraction of sp³-hybridized carbons (Fsp3) is 0. The third-order valence-corrected chi connectivity index (χ3v) is 3.87. The van der Waals surface area contributed by atoms with E-state index in [1.807, 2.05) is 36.4 Å². The lowest BCUT2D eigenvalue weighted by Gasteiger charge is -2.05. The van der Waals surface area contributed by atoms with E-state index >= 15 is 0 Å². The third-order valence-electron chi connectivity index (χ3n) is 3.87. The van der Waals surface area contributed by atoms with Crippen molar-refractivity contribution in [1.82, 2.24) is 20.0 Å². The molecule has 0 unspecified atom stereocenters. The van der Waals surface area contributed by atoms with Crippen LogP contribution in [0.15, 0.2) is 79.1 Å². The molecule has 0 spiro atoms. The van der Waals surface area contributed by atoms with Gasteiger partial charge in [-0.3, -0.25) is 0 Å². The summed E-state index contributed by atoms with van der Waals surface area (Å²) < 4.78 is 7.27. The third kappa shape index (κ3) is 3.67. The van der Waals surface area contributed by atoms with Crippen LogP contribution < -0.4 is 4.74 Å². The summed E-state index contributed by atoms with van der Waals surface area (Å²) in [6, 6.07) is 19.5. The van der Waals surface area contributed by atoms with E-state index in [0.717, 1.165) is 11.3 Å². The highest BCUT2D eigenvalue weighted by Gasteiger charge is 2.08. The van der Waals surface area contributed by atoms with E-state index < -0.39 is 5.97 Å². The number of hydrogen-bond acceptors (Lipinski definition) is 5. The number of benzene rings is 2. The number of carboxylic acid groups (broad SMARTS) is 1. The standard InChI is InChI=1S/C20H14N4O3/c25-20(26)15-8-6-14(7-9-15)18-13-24(23-22-18)16-10-11-19(21-12-16)27-17-4-2-1-3-5-17/h1-13H,(H,25,26). The quantitative estimate of drug-likeness (QED) is 0.583. The summed E-state index contributed by atoms with van der Waals surface area (Å²) in [6.07, 6.45) is 3.40. The minimum absolute atomic E-state index is 0.226. The van der Waals surface area contributed by atoms with E-state index in [9.17, 15) is 4.79 Å². The maximum atomic E-state index is 10.9. The SMILES string of the molecule is O=C(O)c1ccc(-c2cn(-c3ccc(Oc4ccccc4)nc3)nn2)cc1. The second kappa shape index (κ2) is 7.09. The molecule has 0 aliphatic rings. The van der Waals surface area contributed by atoms with Crippen LogP contribution in [0.4, 0.5) is 0 Å². The molecule has 0 saturated carbocycles. The zero-order chi connectivity index (χ0) is 18.6. The van der Waals surface area contributed by atoms with Gasteiger partial charge in [-0.25, -0.2) is 14.5 Å². The van der Waals surface area contributed by atoms with Gasteiger partial charge in [0.05, 0.1) is 23.6 Å². The van der Waals surface area contributed by atoms with Gasteiger partial charge in [-0.05, 0) is 30.3 Å². The number of para-hydroxylation sites is 1. The molecule has 27 heavy (non-hydrogen) atoms. The molecular formula is C20H14N4O3. The molecule has 0 bridgehead atoms. The van der Waals surface area contributed by atoms with Crippen molar-refractivity contribution in [2.75, 3.05) is 0 Å². The van der Waals surface area contributed by atoms with E-state index in [-0.39, 0.29) is 5.56 Å². The normalized spacial score (nSPS) is 10.5. The topological polar surface area (TPSA) is 90.1 Å². The van der Waals surface area contributed by atoms with Crippen LogP contribution >= 0.6 is 0 Å². The summed E-state index contributed by atoms with van der Waals surface area (Å²) in [7, 11) is 0. The second-order valence-electron chi connectivity index (χ2n) is 5.70. The summed E-state index contributed by atoms with van der Waals surface area (Å²) in [4.78, 5) is 15.2. The van der Waals surface area contributed by atoms with E-state index in [1.165, 1.54) is 12.1 Å². The molecule has 4 aromatic rings. The molecule has 0 aliphatic heterocycles. The number of hydrogen-bond donors (Lipinski definition) is 1. The van der Waals surface area contributed by atoms with E-state index in [1.54, 1.807) is 35.3 Å². The van der Waals surface area contributed by atoms with Gasteiger partial charge in [-0.2, -0.15) is 0 Å². The average molecular weight is 358 g/mol. The van der Waals surface area contributed by atoms with Crippen molar-refractivity contribution in [3.8, 4) is 28.6 Å². The molecule has 0 aliphatic carbocycles. The molecule has 2 heterocycles. The van der Waals surface area contributed by atoms with Crippen LogP contribution in [-0.4, -0.2) is 31.1 Å². The molecule has 0 saturated heterocycles. The van der Waals surface area contributed by atoms with Gasteiger partial charge >= 0.3 is 5.97 Å². The van der Waals surface area contributed by atoms with Crippen molar-refractivity contribution in [2.45, 2.75) is 0 Å². The van der Waals surface area contributed by atoms with Gasteiger partial charge in [0.1, 0.15) is 11.4 Å². The largest absolute Gasteiger partial charge is 0.478 e. The van der Waals surface area contributed by atoms with E-state index in [4.69, 9.17) is 9.84 Å². The number of pyridine rings is 1. The van der Waals surface area contributed by atoms with Crippen molar-refractivity contribution in [3.05, 3.63) is 84.7 Å². The van der Waals surface area contributed by atoms with Crippen LogP contribution in [0.3, 0.4) is 0 Å². The Morgan fingerprint density at radius 1 is 0.963 bits per heavy atom. The van der Waals surface area contributed by atoms with Crippen LogP contribution in [0.1, 0.15) is 10.4 Å². The van der Waals surface area contributed by atoms with Crippen LogP contribution in [0.5, 0.6) is 11.6 Å². The molecule has 2 aromatic carbocycles. The highest BCUT2D eigenvalue weighted by Crippen LogP contribution is 2.21. The zero-order valence-corrected chi connectivity index (χ0v) is 14.1. The van der Waals surface area contributed by atoms with Gasteiger partial charge < -0.3 is 9.84 Å². The molecule has 1 N–H and O–H groups in total. The van der Waals surface area contributed by atoms with Crippen LogP contribution in [0, 0.1) is 0 Å². The van der Waals surface area contributed by atoms with Gasteiger partial charge in [0.25, 0.3) is 0 Å². The highest BCUT2D eigenvalue weighted by molar-refractivity contribution is 5.88. The van der Waals surface area contributed by atoms with Crippen molar-refractivity contribution in [3.63, 3.8) is 0 Å². The lowest BCUT2D eigenvalue weighted by Crippen LogP contribution is -1.96. The van der Waals surface area contributed by atoms with Gasteiger partial charge in [-0.1, -0.05) is 35.5 Å². The smallest absolute Gasteiger partial charge is 0.335 e. The summed E-state index contributed by atoms with van der Waals surface area (Å²) in [5.41, 5.74) is 2.38. The molecule has 4 rings (SSSR count). The fourth-order valence-corrected chi connectivity index (χ4v) is 2.48. The molecule has 132 valence electrons. The number of aromatic nitrogens is 4. The lowest BCUT2D eigenvalue weighted by atomic mass is 10.1. The minimum Gasteiger partial charge on any atom is -0.478 e. The molecule has 0 fully saturated rings. The van der Waals surface area contributed by atoms with Crippen molar-refractivity contribution < 1.29 is 14.6 Å². The Kier molecular flexibility index (Phi) is 4.32. The van der Waals surface area contributed by atoms with Gasteiger partial charge in [0, 0.05) is 11.6 Å². The number of rotatable bonds is 5. The summed E-state index contributed by atoms with van der Waals surface area (Å²) in [6.45, 7) is 0. The average Bonchev–Trinajstić information content (AvgIpc) is 3.20. The predicted octanol–water partition coefficient (Wildman–Crippen LogP) is 3.82. The minimum atomic E-state index is -0.964. The maximum absolute atomic E-state index is 10.9. The molecule has 0 amide bonds. The Morgan fingerprint density at radius 3 is 2.41 bits per heavy atom. The first-order valence-electron chi connectivity index (χ1n) is 8.14. The molecule has 2 aromatic heterocycles. The van der Waals surface area contributed by atoms with E-state index in [2.05, 4.69) is 15.3 Å². The van der Waals surface area contributed by atoms with Gasteiger partial charge in [-0.15, -0.1) is 5.10 Å². The second-order valence-corrected chi connectivity index (χ2v) is 5.70. The van der Waals surface area contributed by atoms with Crippen molar-refractivity contribution >= 4 is 5.97 Å². The molecule has 0 atom stereocenters. The van der Waals surface area contributed by atoms with Crippen LogP contribution in [0.2, 0.25) is 0 Å². The number of nitrogens with zero attached hydrogens (tertiary/aromatic N) is 4. The van der Waals surface area contributed by atoms with Gasteiger partial charge in [0.2, 0.25) is 5.88 Å². The van der Waals surface area contributed by atoms with Crippen LogP contribution in [-0.2, 0) is 0 Å². The Labute approximate surface area is 154 Å².